The molecule has 2 rings (SSSR count). The Morgan fingerprint density at radius 2 is 2.27 bits per heavy atom. The summed E-state index contributed by atoms with van der Waals surface area (Å²) in [6, 6.07) is 6.80. The Balaban J connectivity index is 2.19. The molecule has 0 amide bonds. The number of rotatable bonds is 2. The molecule has 1 saturated heterocycles. The monoisotopic (exact) mass is 267 g/mol. The van der Waals surface area contributed by atoms with Crippen molar-refractivity contribution in [1.29, 1.82) is 0 Å². The first-order valence-electron chi connectivity index (χ1n) is 5.61. The molecule has 1 aromatic carbocycles. The molecule has 1 aliphatic rings. The number of aryl methyl sites for hydroxylation is 1. The van der Waals surface area contributed by atoms with Crippen molar-refractivity contribution in [2.24, 2.45) is 5.92 Å². The van der Waals surface area contributed by atoms with Gasteiger partial charge in [0.15, 0.2) is 0 Å². The van der Waals surface area contributed by atoms with Crippen LogP contribution in [-0.4, -0.2) is 13.1 Å². The predicted octanol–water partition coefficient (Wildman–Crippen LogP) is 3.74. The van der Waals surface area contributed by atoms with Crippen molar-refractivity contribution in [3.8, 4) is 0 Å². The van der Waals surface area contributed by atoms with E-state index in [2.05, 4.69) is 52.9 Å². The summed E-state index contributed by atoms with van der Waals surface area (Å²) < 4.78 is 0. The average molecular weight is 268 g/mol. The zero-order chi connectivity index (χ0) is 10.8. The molecule has 1 fully saturated rings. The summed E-state index contributed by atoms with van der Waals surface area (Å²) in [6.45, 7) is 6.96. The van der Waals surface area contributed by atoms with E-state index in [1.807, 2.05) is 0 Å². The lowest BCUT2D eigenvalue weighted by atomic mass is 10.1. The van der Waals surface area contributed by atoms with Crippen molar-refractivity contribution in [2.75, 3.05) is 18.0 Å². The molecule has 1 aliphatic heterocycles. The minimum atomic E-state index is 0.848. The quantitative estimate of drug-likeness (QED) is 0.739. The minimum Gasteiger partial charge on any atom is -0.371 e. The van der Waals surface area contributed by atoms with E-state index < -0.39 is 0 Å². The molecule has 1 aromatic rings. The van der Waals surface area contributed by atoms with E-state index in [1.54, 1.807) is 0 Å². The highest BCUT2D eigenvalue weighted by molar-refractivity contribution is 9.08. The van der Waals surface area contributed by atoms with E-state index in [4.69, 9.17) is 0 Å². The highest BCUT2D eigenvalue weighted by Crippen LogP contribution is 2.26. The number of hydrogen-bond acceptors (Lipinski definition) is 1. The maximum absolute atomic E-state index is 3.51. The topological polar surface area (TPSA) is 3.24 Å². The molecule has 0 spiro atoms. The number of alkyl halides is 1. The third-order valence-electron chi connectivity index (χ3n) is 3.26. The van der Waals surface area contributed by atoms with Crippen molar-refractivity contribution >= 4 is 21.6 Å². The van der Waals surface area contributed by atoms with E-state index >= 15 is 0 Å². The van der Waals surface area contributed by atoms with Crippen LogP contribution in [0.2, 0.25) is 0 Å². The lowest BCUT2D eigenvalue weighted by molar-refractivity contribution is 0.659. The number of hydrogen-bond donors (Lipinski definition) is 0. The van der Waals surface area contributed by atoms with Crippen LogP contribution in [0.3, 0.4) is 0 Å². The molecular weight excluding hydrogens is 250 g/mol. The van der Waals surface area contributed by atoms with Gasteiger partial charge in [-0.1, -0.05) is 28.9 Å². The smallest absolute Gasteiger partial charge is 0.0369 e. The number of halogens is 1. The fraction of sp³-hybridized carbons (Fsp3) is 0.538. The molecule has 1 unspecified atom stereocenters. The maximum Gasteiger partial charge on any atom is 0.0369 e. The molecule has 1 heterocycles. The highest BCUT2D eigenvalue weighted by Gasteiger charge is 2.18. The first kappa shape index (κ1) is 11.0. The Kier molecular flexibility index (Phi) is 3.35. The van der Waals surface area contributed by atoms with Gasteiger partial charge in [-0.15, -0.1) is 0 Å². The fourth-order valence-electron chi connectivity index (χ4n) is 2.20. The van der Waals surface area contributed by atoms with Crippen LogP contribution in [-0.2, 0) is 5.33 Å². The zero-order valence-corrected chi connectivity index (χ0v) is 11.0. The van der Waals surface area contributed by atoms with Gasteiger partial charge < -0.3 is 4.90 Å². The second-order valence-electron chi connectivity index (χ2n) is 4.58. The van der Waals surface area contributed by atoms with Gasteiger partial charge in [-0.05, 0) is 42.5 Å². The van der Waals surface area contributed by atoms with Crippen molar-refractivity contribution in [1.82, 2.24) is 0 Å². The summed E-state index contributed by atoms with van der Waals surface area (Å²) in [5.74, 6) is 0.848. The SMILES string of the molecule is Cc1cc(N2CCC(C)C2)ccc1CBr. The maximum atomic E-state index is 3.51. The van der Waals surface area contributed by atoms with Gasteiger partial charge in [-0.3, -0.25) is 0 Å². The summed E-state index contributed by atoms with van der Waals surface area (Å²) in [7, 11) is 0. The van der Waals surface area contributed by atoms with Crippen molar-refractivity contribution in [3.63, 3.8) is 0 Å². The van der Waals surface area contributed by atoms with Crippen LogP contribution in [0.15, 0.2) is 18.2 Å². The van der Waals surface area contributed by atoms with Crippen molar-refractivity contribution in [2.45, 2.75) is 25.6 Å². The van der Waals surface area contributed by atoms with Crippen LogP contribution >= 0.6 is 15.9 Å². The Morgan fingerprint density at radius 1 is 1.47 bits per heavy atom. The van der Waals surface area contributed by atoms with E-state index in [0.717, 1.165) is 11.2 Å². The molecule has 15 heavy (non-hydrogen) atoms. The molecule has 0 radical (unpaired) electrons. The summed E-state index contributed by atoms with van der Waals surface area (Å²) in [5, 5.41) is 0.954. The average Bonchev–Trinajstić information content (AvgIpc) is 2.65. The lowest BCUT2D eigenvalue weighted by Gasteiger charge is -2.19. The number of nitrogens with zero attached hydrogens (tertiary/aromatic N) is 1. The molecule has 0 aliphatic carbocycles. The van der Waals surface area contributed by atoms with Gasteiger partial charge in [0.2, 0.25) is 0 Å². The first-order valence-corrected chi connectivity index (χ1v) is 6.73. The molecule has 0 aromatic heterocycles. The molecule has 2 heteroatoms. The van der Waals surface area contributed by atoms with Gasteiger partial charge in [-0.2, -0.15) is 0 Å². The van der Waals surface area contributed by atoms with Gasteiger partial charge in [0.05, 0.1) is 0 Å². The second kappa shape index (κ2) is 4.56. The Hall–Kier alpha value is -0.500. The number of anilines is 1. The first-order chi connectivity index (χ1) is 7.20. The van der Waals surface area contributed by atoms with Gasteiger partial charge in [0.1, 0.15) is 0 Å². The lowest BCUT2D eigenvalue weighted by Crippen LogP contribution is -2.19. The van der Waals surface area contributed by atoms with Crippen LogP contribution in [0.5, 0.6) is 0 Å². The van der Waals surface area contributed by atoms with Crippen LogP contribution in [0.4, 0.5) is 5.69 Å². The molecule has 82 valence electrons. The van der Waals surface area contributed by atoms with E-state index in [-0.39, 0.29) is 0 Å². The molecule has 0 N–H and O–H groups in total. The predicted molar refractivity (Wildman–Crippen MR) is 69.8 cm³/mol. The third kappa shape index (κ3) is 2.36. The summed E-state index contributed by atoms with van der Waals surface area (Å²) in [4.78, 5) is 2.50. The van der Waals surface area contributed by atoms with Crippen molar-refractivity contribution in [3.05, 3.63) is 29.3 Å². The summed E-state index contributed by atoms with van der Waals surface area (Å²) >= 11 is 3.51. The standard InChI is InChI=1S/C13H18BrN/c1-10-5-6-15(9-10)13-4-3-12(8-14)11(2)7-13/h3-4,7,10H,5-6,8-9H2,1-2H3. The second-order valence-corrected chi connectivity index (χ2v) is 5.15. The van der Waals surface area contributed by atoms with Crippen LogP contribution in [0.25, 0.3) is 0 Å². The summed E-state index contributed by atoms with van der Waals surface area (Å²) in [6.07, 6.45) is 1.33. The Labute approximate surface area is 101 Å². The van der Waals surface area contributed by atoms with Gasteiger partial charge in [0.25, 0.3) is 0 Å². The minimum absolute atomic E-state index is 0.848. The largest absolute Gasteiger partial charge is 0.371 e. The molecular formula is C13H18BrN. The fourth-order valence-corrected chi connectivity index (χ4v) is 2.83. The highest BCUT2D eigenvalue weighted by atomic mass is 79.9. The molecule has 1 atom stereocenters. The number of benzene rings is 1. The van der Waals surface area contributed by atoms with Gasteiger partial charge in [0, 0.05) is 24.1 Å². The van der Waals surface area contributed by atoms with E-state index in [0.29, 0.717) is 0 Å². The van der Waals surface area contributed by atoms with Crippen molar-refractivity contribution < 1.29 is 0 Å². The van der Waals surface area contributed by atoms with Gasteiger partial charge in [-0.25, -0.2) is 0 Å². The van der Waals surface area contributed by atoms with E-state index in [9.17, 15) is 0 Å². The molecule has 0 bridgehead atoms. The summed E-state index contributed by atoms with van der Waals surface area (Å²) in [5.41, 5.74) is 4.18. The normalized spacial score (nSPS) is 21.0. The zero-order valence-electron chi connectivity index (χ0n) is 9.46. The van der Waals surface area contributed by atoms with E-state index in [1.165, 1.54) is 36.3 Å². The molecule has 1 nitrogen and oxygen atoms in total. The molecule has 0 saturated carbocycles. The third-order valence-corrected chi connectivity index (χ3v) is 3.86. The van der Waals surface area contributed by atoms with Crippen LogP contribution < -0.4 is 4.90 Å². The van der Waals surface area contributed by atoms with Crippen LogP contribution in [0, 0.1) is 12.8 Å². The Morgan fingerprint density at radius 3 is 2.80 bits per heavy atom. The Bertz CT molecular complexity index is 348. The van der Waals surface area contributed by atoms with Crippen LogP contribution in [0.1, 0.15) is 24.5 Å². The van der Waals surface area contributed by atoms with Gasteiger partial charge >= 0.3 is 0 Å².